The molecule has 0 atom stereocenters. The normalized spacial score (nSPS) is 10.9. The monoisotopic (exact) mass is 226 g/mol. The Labute approximate surface area is 97.2 Å². The number of H-pyrrole nitrogens is 1. The molecule has 3 aromatic rings. The quantitative estimate of drug-likeness (QED) is 0.648. The third kappa shape index (κ3) is 1.45. The number of benzene rings is 2. The molecule has 0 spiro atoms. The largest absolute Gasteiger partial charge is 0.465 e. The van der Waals surface area contributed by atoms with Gasteiger partial charge < -0.3 is 4.74 Å². The first-order chi connectivity index (χ1) is 8.29. The van der Waals surface area contributed by atoms with Crippen LogP contribution in [0.25, 0.3) is 21.7 Å². The summed E-state index contributed by atoms with van der Waals surface area (Å²) in [5.74, 6) is -0.323. The summed E-state index contributed by atoms with van der Waals surface area (Å²) in [6, 6.07) is 9.43. The Morgan fingerprint density at radius 2 is 2.06 bits per heavy atom. The summed E-state index contributed by atoms with van der Waals surface area (Å²) in [6.07, 6.45) is 1.78. The average molecular weight is 226 g/mol. The minimum atomic E-state index is -0.323. The summed E-state index contributed by atoms with van der Waals surface area (Å²) in [6.45, 7) is 0. The second-order valence-corrected chi connectivity index (χ2v) is 3.83. The van der Waals surface area contributed by atoms with E-state index in [2.05, 4.69) is 10.2 Å². The van der Waals surface area contributed by atoms with E-state index < -0.39 is 0 Å². The maximum Gasteiger partial charge on any atom is 0.337 e. The maximum absolute atomic E-state index is 11.4. The van der Waals surface area contributed by atoms with Gasteiger partial charge in [-0.2, -0.15) is 5.10 Å². The van der Waals surface area contributed by atoms with E-state index in [1.807, 2.05) is 24.3 Å². The first-order valence-electron chi connectivity index (χ1n) is 5.24. The number of nitrogens with zero attached hydrogens (tertiary/aromatic N) is 1. The molecule has 84 valence electrons. The van der Waals surface area contributed by atoms with Crippen molar-refractivity contribution in [2.45, 2.75) is 0 Å². The van der Waals surface area contributed by atoms with E-state index >= 15 is 0 Å². The molecule has 0 aliphatic carbocycles. The number of fused-ring (bicyclic) bond motifs is 3. The van der Waals surface area contributed by atoms with Gasteiger partial charge in [-0.3, -0.25) is 5.10 Å². The molecule has 0 amide bonds. The molecular formula is C13H10N2O2. The zero-order chi connectivity index (χ0) is 11.8. The smallest absolute Gasteiger partial charge is 0.337 e. The van der Waals surface area contributed by atoms with Gasteiger partial charge in [-0.25, -0.2) is 4.79 Å². The Morgan fingerprint density at radius 3 is 2.88 bits per heavy atom. The summed E-state index contributed by atoms with van der Waals surface area (Å²) >= 11 is 0. The Balaban J connectivity index is 2.30. The molecule has 1 heterocycles. The van der Waals surface area contributed by atoms with Gasteiger partial charge in [0.25, 0.3) is 0 Å². The van der Waals surface area contributed by atoms with Crippen LogP contribution in [0.2, 0.25) is 0 Å². The van der Waals surface area contributed by atoms with Gasteiger partial charge in [-0.05, 0) is 17.5 Å². The molecular weight excluding hydrogens is 216 g/mol. The van der Waals surface area contributed by atoms with Crippen LogP contribution in [0.3, 0.4) is 0 Å². The fourth-order valence-electron chi connectivity index (χ4n) is 1.99. The highest BCUT2D eigenvalue weighted by molar-refractivity contribution is 6.07. The highest BCUT2D eigenvalue weighted by Crippen LogP contribution is 2.24. The lowest BCUT2D eigenvalue weighted by Crippen LogP contribution is -2.00. The molecule has 1 N–H and O–H groups in total. The second-order valence-electron chi connectivity index (χ2n) is 3.83. The summed E-state index contributed by atoms with van der Waals surface area (Å²) in [7, 11) is 1.38. The van der Waals surface area contributed by atoms with Gasteiger partial charge in [0.1, 0.15) is 0 Å². The van der Waals surface area contributed by atoms with Crippen molar-refractivity contribution in [1.29, 1.82) is 0 Å². The van der Waals surface area contributed by atoms with Crippen LogP contribution in [0.15, 0.2) is 36.5 Å². The van der Waals surface area contributed by atoms with Crippen molar-refractivity contribution in [2.24, 2.45) is 0 Å². The maximum atomic E-state index is 11.4. The summed E-state index contributed by atoms with van der Waals surface area (Å²) in [4.78, 5) is 11.4. The number of hydrogen-bond donors (Lipinski definition) is 1. The molecule has 0 fully saturated rings. The van der Waals surface area contributed by atoms with Crippen molar-refractivity contribution >= 4 is 27.6 Å². The van der Waals surface area contributed by atoms with Crippen LogP contribution in [-0.2, 0) is 4.74 Å². The fourth-order valence-corrected chi connectivity index (χ4v) is 1.99. The van der Waals surface area contributed by atoms with Crippen LogP contribution in [-0.4, -0.2) is 23.3 Å². The number of aromatic nitrogens is 2. The first kappa shape index (κ1) is 9.84. The zero-order valence-electron chi connectivity index (χ0n) is 9.23. The van der Waals surface area contributed by atoms with Gasteiger partial charge in [-0.1, -0.05) is 18.2 Å². The Hall–Kier alpha value is -2.36. The number of carbonyl (C=O) groups excluding carboxylic acids is 1. The molecule has 0 aliphatic heterocycles. The van der Waals surface area contributed by atoms with Crippen LogP contribution in [0, 0.1) is 0 Å². The lowest BCUT2D eigenvalue weighted by molar-refractivity contribution is 0.0601. The van der Waals surface area contributed by atoms with Crippen LogP contribution >= 0.6 is 0 Å². The van der Waals surface area contributed by atoms with E-state index in [0.717, 1.165) is 21.7 Å². The van der Waals surface area contributed by atoms with Gasteiger partial charge in [0, 0.05) is 10.8 Å². The van der Waals surface area contributed by atoms with Crippen LogP contribution < -0.4 is 0 Å². The van der Waals surface area contributed by atoms with E-state index in [-0.39, 0.29) is 5.97 Å². The Bertz CT molecular complexity index is 716. The molecule has 1 aromatic heterocycles. The van der Waals surface area contributed by atoms with Gasteiger partial charge in [-0.15, -0.1) is 0 Å². The first-order valence-corrected chi connectivity index (χ1v) is 5.24. The predicted octanol–water partition coefficient (Wildman–Crippen LogP) is 2.50. The van der Waals surface area contributed by atoms with Crippen molar-refractivity contribution < 1.29 is 9.53 Å². The average Bonchev–Trinajstić information content (AvgIpc) is 2.85. The number of nitrogens with one attached hydrogen (secondary N) is 1. The van der Waals surface area contributed by atoms with Gasteiger partial charge in [0.05, 0.1) is 24.4 Å². The summed E-state index contributed by atoms with van der Waals surface area (Å²) in [5.41, 5.74) is 1.54. The number of hydrogen-bond acceptors (Lipinski definition) is 3. The third-order valence-electron chi connectivity index (χ3n) is 2.85. The van der Waals surface area contributed by atoms with Crippen molar-refractivity contribution in [3.05, 3.63) is 42.1 Å². The molecule has 17 heavy (non-hydrogen) atoms. The molecule has 0 radical (unpaired) electrons. The van der Waals surface area contributed by atoms with E-state index in [0.29, 0.717) is 5.56 Å². The van der Waals surface area contributed by atoms with Crippen molar-refractivity contribution in [1.82, 2.24) is 10.2 Å². The topological polar surface area (TPSA) is 55.0 Å². The standard InChI is InChI=1S/C13H10N2O2/c1-17-13(16)9-4-5-11-8(6-9)2-3-10-7-14-15-12(10)11/h2-7H,1H3,(H,14,15). The van der Waals surface area contributed by atoms with E-state index in [1.54, 1.807) is 12.3 Å². The Kier molecular flexibility index (Phi) is 2.08. The summed E-state index contributed by atoms with van der Waals surface area (Å²) < 4.78 is 4.70. The minimum absolute atomic E-state index is 0.323. The zero-order valence-corrected chi connectivity index (χ0v) is 9.23. The number of rotatable bonds is 1. The molecule has 0 aliphatic rings. The second kappa shape index (κ2) is 3.59. The van der Waals surface area contributed by atoms with Crippen molar-refractivity contribution in [3.63, 3.8) is 0 Å². The van der Waals surface area contributed by atoms with E-state index in [9.17, 15) is 4.79 Å². The molecule has 4 nitrogen and oxygen atoms in total. The van der Waals surface area contributed by atoms with Crippen LogP contribution in [0.1, 0.15) is 10.4 Å². The molecule has 0 unspecified atom stereocenters. The lowest BCUT2D eigenvalue weighted by atomic mass is 10.0. The van der Waals surface area contributed by atoms with E-state index in [4.69, 9.17) is 4.74 Å². The number of ether oxygens (including phenoxy) is 1. The molecule has 0 saturated heterocycles. The molecule has 4 heteroatoms. The molecule has 3 rings (SSSR count). The highest BCUT2D eigenvalue weighted by Gasteiger charge is 2.08. The molecule has 0 bridgehead atoms. The van der Waals surface area contributed by atoms with Gasteiger partial charge >= 0.3 is 5.97 Å². The van der Waals surface area contributed by atoms with Crippen LogP contribution in [0.4, 0.5) is 0 Å². The number of aromatic amines is 1. The number of esters is 1. The molecule has 0 saturated carbocycles. The summed E-state index contributed by atoms with van der Waals surface area (Å²) in [5, 5.41) is 10.1. The third-order valence-corrected chi connectivity index (χ3v) is 2.85. The van der Waals surface area contributed by atoms with Crippen molar-refractivity contribution in [3.8, 4) is 0 Å². The number of methoxy groups -OCH3 is 1. The Morgan fingerprint density at radius 1 is 1.24 bits per heavy atom. The minimum Gasteiger partial charge on any atom is -0.465 e. The SMILES string of the molecule is COC(=O)c1ccc2c(ccc3cn[nH]c32)c1. The fraction of sp³-hybridized carbons (Fsp3) is 0.0769. The predicted molar refractivity (Wildman–Crippen MR) is 64.9 cm³/mol. The van der Waals surface area contributed by atoms with Crippen molar-refractivity contribution in [2.75, 3.05) is 7.11 Å². The van der Waals surface area contributed by atoms with Gasteiger partial charge in [0.2, 0.25) is 0 Å². The lowest BCUT2D eigenvalue weighted by Gasteiger charge is -2.02. The number of carbonyl (C=O) groups is 1. The van der Waals surface area contributed by atoms with Crippen LogP contribution in [0.5, 0.6) is 0 Å². The highest BCUT2D eigenvalue weighted by atomic mass is 16.5. The van der Waals surface area contributed by atoms with Gasteiger partial charge in [0.15, 0.2) is 0 Å². The van der Waals surface area contributed by atoms with E-state index in [1.165, 1.54) is 7.11 Å². The molecule has 2 aromatic carbocycles.